The number of hydrogen-bond acceptors (Lipinski definition) is 5. The van der Waals surface area contributed by atoms with Gasteiger partial charge in [-0.3, -0.25) is 9.59 Å². The first-order chi connectivity index (χ1) is 15.4. The van der Waals surface area contributed by atoms with Crippen molar-refractivity contribution in [1.29, 1.82) is 0 Å². The van der Waals surface area contributed by atoms with Gasteiger partial charge in [-0.05, 0) is 48.5 Å². The van der Waals surface area contributed by atoms with Crippen molar-refractivity contribution >= 4 is 52.5 Å². The molecule has 0 aliphatic rings. The minimum atomic E-state index is -1.18. The van der Waals surface area contributed by atoms with Crippen LogP contribution in [-0.4, -0.2) is 35.8 Å². The highest BCUT2D eigenvalue weighted by Gasteiger charge is 2.16. The lowest BCUT2D eigenvalue weighted by Gasteiger charge is -2.11. The summed E-state index contributed by atoms with van der Waals surface area (Å²) in [5, 5.41) is 15.2. The van der Waals surface area contributed by atoms with E-state index in [1.54, 1.807) is 54.6 Å². The maximum Gasteiger partial charge on any atom is 0.336 e. The first-order valence-electron chi connectivity index (χ1n) is 9.37. The third kappa shape index (κ3) is 6.03. The SMILES string of the molecule is COc1ccc(Cl)cc1NC(=O)CSc1cccc(NC(=O)c2ccccc2C(=O)O)c1. The minimum Gasteiger partial charge on any atom is -0.495 e. The summed E-state index contributed by atoms with van der Waals surface area (Å²) in [5.41, 5.74) is 0.942. The van der Waals surface area contributed by atoms with Gasteiger partial charge in [0, 0.05) is 15.6 Å². The molecule has 0 spiro atoms. The van der Waals surface area contributed by atoms with Gasteiger partial charge in [-0.25, -0.2) is 4.79 Å². The number of rotatable bonds is 8. The van der Waals surface area contributed by atoms with Crippen molar-refractivity contribution in [3.8, 4) is 5.75 Å². The van der Waals surface area contributed by atoms with Crippen LogP contribution in [0.15, 0.2) is 71.6 Å². The number of hydrogen-bond donors (Lipinski definition) is 3. The number of ether oxygens (including phenoxy) is 1. The monoisotopic (exact) mass is 470 g/mol. The first kappa shape index (κ1) is 23.2. The normalized spacial score (nSPS) is 10.3. The smallest absolute Gasteiger partial charge is 0.336 e. The predicted octanol–water partition coefficient (Wildman–Crippen LogP) is 5.03. The van der Waals surface area contributed by atoms with E-state index in [0.29, 0.717) is 22.1 Å². The third-order valence-corrected chi connectivity index (χ3v) is 5.53. The van der Waals surface area contributed by atoms with Crippen molar-refractivity contribution in [3.63, 3.8) is 0 Å². The van der Waals surface area contributed by atoms with Gasteiger partial charge in [0.1, 0.15) is 5.75 Å². The molecule has 0 radical (unpaired) electrons. The van der Waals surface area contributed by atoms with Gasteiger partial charge in [-0.1, -0.05) is 29.8 Å². The van der Waals surface area contributed by atoms with Gasteiger partial charge >= 0.3 is 5.97 Å². The summed E-state index contributed by atoms with van der Waals surface area (Å²) in [6.07, 6.45) is 0. The maximum atomic E-state index is 12.5. The number of halogens is 1. The Morgan fingerprint density at radius 2 is 1.72 bits per heavy atom. The molecule has 3 aromatic rings. The standard InChI is InChI=1S/C23H19ClN2O5S/c1-31-20-10-9-14(24)11-19(20)26-21(27)13-32-16-6-4-5-15(12-16)25-22(28)17-7-2-3-8-18(17)23(29)30/h2-12H,13H2,1H3,(H,25,28)(H,26,27)(H,29,30). The van der Waals surface area contributed by atoms with Crippen LogP contribution in [0, 0.1) is 0 Å². The fraction of sp³-hybridized carbons (Fsp3) is 0.0870. The van der Waals surface area contributed by atoms with Gasteiger partial charge in [0.25, 0.3) is 5.91 Å². The Hall–Kier alpha value is -3.49. The van der Waals surface area contributed by atoms with E-state index >= 15 is 0 Å². The molecular weight excluding hydrogens is 452 g/mol. The largest absolute Gasteiger partial charge is 0.495 e. The van der Waals surface area contributed by atoms with Crippen molar-refractivity contribution in [3.05, 3.63) is 82.9 Å². The lowest BCUT2D eigenvalue weighted by molar-refractivity contribution is -0.113. The zero-order chi connectivity index (χ0) is 23.1. The molecule has 0 atom stereocenters. The van der Waals surface area contributed by atoms with Crippen LogP contribution < -0.4 is 15.4 Å². The highest BCUT2D eigenvalue weighted by molar-refractivity contribution is 8.00. The zero-order valence-electron chi connectivity index (χ0n) is 16.9. The second-order valence-electron chi connectivity index (χ2n) is 6.51. The topological polar surface area (TPSA) is 105 Å². The molecule has 0 aliphatic heterocycles. The lowest BCUT2D eigenvalue weighted by Crippen LogP contribution is -2.16. The summed E-state index contributed by atoms with van der Waals surface area (Å²) in [4.78, 5) is 37.0. The number of carboxylic acid groups (broad SMARTS) is 1. The van der Waals surface area contributed by atoms with Crippen LogP contribution in [-0.2, 0) is 4.79 Å². The van der Waals surface area contributed by atoms with Gasteiger partial charge in [-0.15, -0.1) is 11.8 Å². The Bertz CT molecular complexity index is 1170. The van der Waals surface area contributed by atoms with Crippen LogP contribution in [0.5, 0.6) is 5.75 Å². The van der Waals surface area contributed by atoms with Crippen molar-refractivity contribution in [2.24, 2.45) is 0 Å². The van der Waals surface area contributed by atoms with E-state index in [1.165, 1.54) is 31.0 Å². The molecule has 164 valence electrons. The van der Waals surface area contributed by atoms with Crippen molar-refractivity contribution in [2.75, 3.05) is 23.5 Å². The number of aromatic carboxylic acids is 1. The average molecular weight is 471 g/mol. The summed E-state index contributed by atoms with van der Waals surface area (Å²) < 4.78 is 5.22. The highest BCUT2D eigenvalue weighted by atomic mass is 35.5. The van der Waals surface area contributed by atoms with E-state index in [1.807, 2.05) is 0 Å². The molecule has 3 rings (SSSR count). The molecule has 0 unspecified atom stereocenters. The van der Waals surface area contributed by atoms with E-state index in [2.05, 4.69) is 10.6 Å². The molecule has 3 N–H and O–H groups in total. The van der Waals surface area contributed by atoms with Crippen LogP contribution in [0.3, 0.4) is 0 Å². The molecule has 9 heteroatoms. The Morgan fingerprint density at radius 1 is 0.969 bits per heavy atom. The average Bonchev–Trinajstić information content (AvgIpc) is 2.78. The number of carbonyl (C=O) groups is 3. The van der Waals surface area contributed by atoms with Crippen LogP contribution >= 0.6 is 23.4 Å². The Labute approximate surface area is 193 Å². The van der Waals surface area contributed by atoms with E-state index in [9.17, 15) is 19.5 Å². The molecule has 2 amide bonds. The van der Waals surface area contributed by atoms with Crippen molar-refractivity contribution in [1.82, 2.24) is 0 Å². The summed E-state index contributed by atoms with van der Waals surface area (Å²) in [5.74, 6) is -1.34. The summed E-state index contributed by atoms with van der Waals surface area (Å²) in [6.45, 7) is 0. The minimum absolute atomic E-state index is 0.0629. The van der Waals surface area contributed by atoms with E-state index in [-0.39, 0.29) is 22.8 Å². The van der Waals surface area contributed by atoms with Gasteiger partial charge in [0.2, 0.25) is 5.91 Å². The molecule has 7 nitrogen and oxygen atoms in total. The van der Waals surface area contributed by atoms with Gasteiger partial charge in [0.05, 0.1) is 29.7 Å². The summed E-state index contributed by atoms with van der Waals surface area (Å²) in [6, 6.07) is 17.8. The number of nitrogens with one attached hydrogen (secondary N) is 2. The molecule has 0 bridgehead atoms. The second-order valence-corrected chi connectivity index (χ2v) is 8.00. The number of carbonyl (C=O) groups excluding carboxylic acids is 2. The fourth-order valence-electron chi connectivity index (χ4n) is 2.84. The quantitative estimate of drug-likeness (QED) is 0.399. The van der Waals surface area contributed by atoms with E-state index in [0.717, 1.165) is 4.90 Å². The predicted molar refractivity (Wildman–Crippen MR) is 125 cm³/mol. The molecule has 0 aromatic heterocycles. The molecule has 32 heavy (non-hydrogen) atoms. The third-order valence-electron chi connectivity index (χ3n) is 4.30. The summed E-state index contributed by atoms with van der Waals surface area (Å²) in [7, 11) is 1.50. The zero-order valence-corrected chi connectivity index (χ0v) is 18.5. The molecule has 0 aliphatic carbocycles. The van der Waals surface area contributed by atoms with Crippen molar-refractivity contribution < 1.29 is 24.2 Å². The number of amides is 2. The second kappa shape index (κ2) is 10.7. The fourth-order valence-corrected chi connectivity index (χ4v) is 3.77. The van der Waals surface area contributed by atoms with Crippen LogP contribution in [0.2, 0.25) is 5.02 Å². The van der Waals surface area contributed by atoms with Crippen LogP contribution in [0.1, 0.15) is 20.7 Å². The number of benzene rings is 3. The Morgan fingerprint density at radius 3 is 2.44 bits per heavy atom. The van der Waals surface area contributed by atoms with Crippen LogP contribution in [0.4, 0.5) is 11.4 Å². The number of carboxylic acids is 1. The maximum absolute atomic E-state index is 12.5. The van der Waals surface area contributed by atoms with E-state index < -0.39 is 11.9 Å². The highest BCUT2D eigenvalue weighted by Crippen LogP contribution is 2.28. The molecule has 0 fully saturated rings. The number of methoxy groups -OCH3 is 1. The Balaban J connectivity index is 1.63. The van der Waals surface area contributed by atoms with Crippen LogP contribution in [0.25, 0.3) is 0 Å². The Kier molecular flexibility index (Phi) is 7.75. The molecule has 3 aromatic carbocycles. The first-order valence-corrected chi connectivity index (χ1v) is 10.7. The molecular formula is C23H19ClN2O5S. The van der Waals surface area contributed by atoms with Gasteiger partial charge < -0.3 is 20.5 Å². The van der Waals surface area contributed by atoms with Gasteiger partial charge in [0.15, 0.2) is 0 Å². The number of anilines is 2. The molecule has 0 saturated carbocycles. The van der Waals surface area contributed by atoms with Crippen molar-refractivity contribution in [2.45, 2.75) is 4.90 Å². The van der Waals surface area contributed by atoms with Gasteiger partial charge in [-0.2, -0.15) is 0 Å². The van der Waals surface area contributed by atoms with E-state index in [4.69, 9.17) is 16.3 Å². The summed E-state index contributed by atoms with van der Waals surface area (Å²) >= 11 is 7.26. The molecule has 0 saturated heterocycles. The molecule has 0 heterocycles. The number of thioether (sulfide) groups is 1. The lowest BCUT2D eigenvalue weighted by atomic mass is 10.1.